The number of halogens is 1. The van der Waals surface area contributed by atoms with Crippen LogP contribution in [0.1, 0.15) is 49.4 Å². The predicted octanol–water partition coefficient (Wildman–Crippen LogP) is 4.59. The zero-order valence-corrected chi connectivity index (χ0v) is 12.6. The molecule has 2 nitrogen and oxygen atoms in total. The first kappa shape index (κ1) is 12.6. The third-order valence-corrected chi connectivity index (χ3v) is 5.47. The zero-order valence-electron chi connectivity index (χ0n) is 9.42. The molecule has 2 rings (SSSR count). The van der Waals surface area contributed by atoms with E-state index in [1.165, 1.54) is 24.3 Å². The van der Waals surface area contributed by atoms with E-state index in [2.05, 4.69) is 39.7 Å². The van der Waals surface area contributed by atoms with Gasteiger partial charge in [-0.3, -0.25) is 0 Å². The van der Waals surface area contributed by atoms with Gasteiger partial charge in [-0.2, -0.15) is 11.8 Å². The Morgan fingerprint density at radius 2 is 2.31 bits per heavy atom. The van der Waals surface area contributed by atoms with Gasteiger partial charge < -0.3 is 4.98 Å². The highest BCUT2D eigenvalue weighted by molar-refractivity contribution is 9.10. The van der Waals surface area contributed by atoms with E-state index in [1.54, 1.807) is 0 Å². The van der Waals surface area contributed by atoms with Crippen molar-refractivity contribution in [2.45, 2.75) is 37.9 Å². The molecule has 0 radical (unpaired) electrons. The summed E-state index contributed by atoms with van der Waals surface area (Å²) in [6, 6.07) is 0. The highest BCUT2D eigenvalue weighted by Gasteiger charge is 2.21. The molecular formula is C11H15BrN2S2. The number of nitrogens with zero attached hydrogens (tertiary/aromatic N) is 1. The van der Waals surface area contributed by atoms with Crippen molar-refractivity contribution in [3.63, 3.8) is 0 Å². The molecule has 1 saturated heterocycles. The van der Waals surface area contributed by atoms with Crippen LogP contribution < -0.4 is 0 Å². The average molecular weight is 319 g/mol. The van der Waals surface area contributed by atoms with Gasteiger partial charge in [0.1, 0.15) is 10.5 Å². The van der Waals surface area contributed by atoms with E-state index < -0.39 is 0 Å². The molecule has 2 heterocycles. The SMILES string of the molecule is CC(C)c1[nH]c(C2CCCS2)nc(=S)c1Br. The summed E-state index contributed by atoms with van der Waals surface area (Å²) in [5.41, 5.74) is 1.17. The van der Waals surface area contributed by atoms with Crippen LogP contribution in [0.5, 0.6) is 0 Å². The molecule has 1 fully saturated rings. The van der Waals surface area contributed by atoms with Gasteiger partial charge in [-0.1, -0.05) is 26.1 Å². The predicted molar refractivity (Wildman–Crippen MR) is 75.6 cm³/mol. The fraction of sp³-hybridized carbons (Fsp3) is 0.636. The Bertz CT molecular complexity index is 436. The lowest BCUT2D eigenvalue weighted by Crippen LogP contribution is -2.05. The summed E-state index contributed by atoms with van der Waals surface area (Å²) in [4.78, 5) is 7.94. The number of aromatic nitrogens is 2. The summed E-state index contributed by atoms with van der Waals surface area (Å²) in [6.45, 7) is 4.33. The van der Waals surface area contributed by atoms with Crippen molar-refractivity contribution in [2.24, 2.45) is 0 Å². The van der Waals surface area contributed by atoms with Crippen LogP contribution in [0.25, 0.3) is 0 Å². The summed E-state index contributed by atoms with van der Waals surface area (Å²) in [5, 5.41) is 0.507. The monoisotopic (exact) mass is 318 g/mol. The number of aromatic amines is 1. The number of nitrogens with one attached hydrogen (secondary N) is 1. The third-order valence-electron chi connectivity index (χ3n) is 2.72. The van der Waals surface area contributed by atoms with Crippen molar-refractivity contribution >= 4 is 39.9 Å². The van der Waals surface area contributed by atoms with E-state index in [0.29, 0.717) is 15.8 Å². The second kappa shape index (κ2) is 5.19. The minimum Gasteiger partial charge on any atom is -0.345 e. The molecule has 0 saturated carbocycles. The van der Waals surface area contributed by atoms with Gasteiger partial charge in [0.05, 0.1) is 9.72 Å². The molecule has 1 aliphatic heterocycles. The molecule has 1 aliphatic rings. The summed E-state index contributed by atoms with van der Waals surface area (Å²) >= 11 is 10.8. The molecule has 1 N–H and O–H groups in total. The summed E-state index contributed by atoms with van der Waals surface area (Å²) < 4.78 is 1.63. The van der Waals surface area contributed by atoms with E-state index in [4.69, 9.17) is 12.2 Å². The third kappa shape index (κ3) is 2.51. The van der Waals surface area contributed by atoms with E-state index in [-0.39, 0.29) is 0 Å². The van der Waals surface area contributed by atoms with Crippen molar-refractivity contribution in [2.75, 3.05) is 5.75 Å². The summed E-state index contributed by atoms with van der Waals surface area (Å²) in [7, 11) is 0. The minimum absolute atomic E-state index is 0.434. The lowest BCUT2D eigenvalue weighted by Gasteiger charge is -2.14. The van der Waals surface area contributed by atoms with Crippen molar-refractivity contribution in [1.29, 1.82) is 0 Å². The maximum Gasteiger partial charge on any atom is 0.144 e. The Labute approximate surface area is 114 Å². The Balaban J connectivity index is 2.43. The summed E-state index contributed by atoms with van der Waals surface area (Å²) in [6.07, 6.45) is 2.49. The molecule has 5 heteroatoms. The normalized spacial score (nSPS) is 20.6. The number of H-pyrrole nitrogens is 1. The number of hydrogen-bond acceptors (Lipinski definition) is 3. The molecule has 1 aromatic heterocycles. The largest absolute Gasteiger partial charge is 0.345 e. The maximum absolute atomic E-state index is 5.30. The highest BCUT2D eigenvalue weighted by atomic mass is 79.9. The molecule has 1 atom stereocenters. The second-order valence-electron chi connectivity index (χ2n) is 4.31. The highest BCUT2D eigenvalue weighted by Crippen LogP contribution is 2.39. The van der Waals surface area contributed by atoms with Gasteiger partial charge in [0, 0.05) is 5.69 Å². The van der Waals surface area contributed by atoms with E-state index in [0.717, 1.165) is 10.3 Å². The Morgan fingerprint density at radius 3 is 2.88 bits per heavy atom. The molecule has 16 heavy (non-hydrogen) atoms. The Kier molecular flexibility index (Phi) is 4.08. The van der Waals surface area contributed by atoms with Crippen LogP contribution in [0.2, 0.25) is 0 Å². The Morgan fingerprint density at radius 1 is 1.56 bits per heavy atom. The van der Waals surface area contributed by atoms with Gasteiger partial charge in [-0.05, 0) is 40.4 Å². The van der Waals surface area contributed by atoms with Crippen molar-refractivity contribution < 1.29 is 0 Å². The van der Waals surface area contributed by atoms with Crippen molar-refractivity contribution in [3.05, 3.63) is 20.6 Å². The van der Waals surface area contributed by atoms with Crippen LogP contribution in [0.4, 0.5) is 0 Å². The average Bonchev–Trinajstić information content (AvgIpc) is 2.74. The topological polar surface area (TPSA) is 28.7 Å². The van der Waals surface area contributed by atoms with E-state index in [1.807, 2.05) is 11.8 Å². The molecule has 0 amide bonds. The quantitative estimate of drug-likeness (QED) is 0.808. The maximum atomic E-state index is 5.30. The first-order chi connectivity index (χ1) is 7.59. The first-order valence-corrected chi connectivity index (χ1v) is 7.75. The lowest BCUT2D eigenvalue weighted by atomic mass is 10.1. The van der Waals surface area contributed by atoms with E-state index >= 15 is 0 Å². The minimum atomic E-state index is 0.434. The van der Waals surface area contributed by atoms with Crippen LogP contribution in [-0.4, -0.2) is 15.7 Å². The van der Waals surface area contributed by atoms with Gasteiger partial charge in [-0.15, -0.1) is 0 Å². The standard InChI is InChI=1S/C11H15BrN2S2/c1-6(2)9-8(12)11(15)14-10(13-9)7-4-3-5-16-7/h6-7H,3-5H2,1-2H3,(H,13,14,15). The fourth-order valence-corrected chi connectivity index (χ4v) is 3.91. The van der Waals surface area contributed by atoms with Crippen LogP contribution in [0.3, 0.4) is 0 Å². The molecule has 88 valence electrons. The van der Waals surface area contributed by atoms with Crippen molar-refractivity contribution in [1.82, 2.24) is 9.97 Å². The molecule has 0 bridgehead atoms. The van der Waals surface area contributed by atoms with Gasteiger partial charge in [0.15, 0.2) is 0 Å². The fourth-order valence-electron chi connectivity index (χ4n) is 1.84. The van der Waals surface area contributed by atoms with Crippen LogP contribution in [0.15, 0.2) is 4.47 Å². The molecule has 1 unspecified atom stereocenters. The van der Waals surface area contributed by atoms with Crippen LogP contribution in [-0.2, 0) is 0 Å². The molecule has 0 spiro atoms. The lowest BCUT2D eigenvalue weighted by molar-refractivity contribution is 0.732. The van der Waals surface area contributed by atoms with Gasteiger partial charge in [0.25, 0.3) is 0 Å². The first-order valence-electron chi connectivity index (χ1n) is 5.50. The van der Waals surface area contributed by atoms with Crippen molar-refractivity contribution in [3.8, 4) is 0 Å². The van der Waals surface area contributed by atoms with Gasteiger partial charge >= 0.3 is 0 Å². The van der Waals surface area contributed by atoms with Crippen LogP contribution in [0, 0.1) is 4.64 Å². The molecule has 0 aromatic carbocycles. The van der Waals surface area contributed by atoms with E-state index in [9.17, 15) is 0 Å². The second-order valence-corrected chi connectivity index (χ2v) is 6.80. The summed E-state index contributed by atoms with van der Waals surface area (Å²) in [5.74, 6) is 2.73. The number of thioether (sulfide) groups is 1. The zero-order chi connectivity index (χ0) is 11.7. The smallest absolute Gasteiger partial charge is 0.144 e. The van der Waals surface area contributed by atoms with Gasteiger partial charge in [-0.25, -0.2) is 4.98 Å². The molecule has 0 aliphatic carbocycles. The Hall–Kier alpha value is 0.130. The number of hydrogen-bond donors (Lipinski definition) is 1. The number of rotatable bonds is 2. The van der Waals surface area contributed by atoms with Crippen LogP contribution >= 0.6 is 39.9 Å². The van der Waals surface area contributed by atoms with Gasteiger partial charge in [0.2, 0.25) is 0 Å². The molecule has 1 aromatic rings. The molecular weight excluding hydrogens is 304 g/mol.